The maximum Gasteiger partial charge on any atom is 0.134 e. The molecule has 0 amide bonds. The molecule has 2 aromatic carbocycles. The van der Waals surface area contributed by atoms with E-state index in [0.29, 0.717) is 22.8 Å². The third-order valence-electron chi connectivity index (χ3n) is 6.99. The maximum absolute atomic E-state index is 13.4. The lowest BCUT2D eigenvalue weighted by atomic mass is 9.85. The summed E-state index contributed by atoms with van der Waals surface area (Å²) in [7, 11) is 2.28. The fraction of sp³-hybridized carbons (Fsp3) is 0.348. The van der Waals surface area contributed by atoms with Gasteiger partial charge in [0.05, 0.1) is 17.4 Å². The minimum absolute atomic E-state index is 0.293. The van der Waals surface area contributed by atoms with Gasteiger partial charge in [0.15, 0.2) is 0 Å². The lowest BCUT2D eigenvalue weighted by Crippen LogP contribution is -2.39. The van der Waals surface area contributed by atoms with Crippen LogP contribution in [-0.2, 0) is 0 Å². The summed E-state index contributed by atoms with van der Waals surface area (Å²) in [5.41, 5.74) is 4.37. The van der Waals surface area contributed by atoms with Gasteiger partial charge in [0.1, 0.15) is 17.2 Å². The molecule has 6 nitrogen and oxygen atoms in total. The number of nitrogens with zero attached hydrogens (tertiary/aromatic N) is 5. The highest BCUT2D eigenvalue weighted by Crippen LogP contribution is 2.42. The van der Waals surface area contributed by atoms with Crippen molar-refractivity contribution < 1.29 is 4.39 Å². The van der Waals surface area contributed by atoms with Gasteiger partial charge in [0, 0.05) is 17.5 Å². The number of rotatable bonds is 3. The van der Waals surface area contributed by atoms with Crippen molar-refractivity contribution in [1.82, 2.24) is 30.1 Å². The van der Waals surface area contributed by atoms with Gasteiger partial charge in [-0.1, -0.05) is 17.3 Å². The van der Waals surface area contributed by atoms with Crippen LogP contribution < -0.4 is 0 Å². The van der Waals surface area contributed by atoms with Crippen LogP contribution in [0.5, 0.6) is 0 Å². The number of fused-ring (bicyclic) bond motifs is 3. The van der Waals surface area contributed by atoms with Crippen molar-refractivity contribution in [2.75, 3.05) is 7.05 Å². The van der Waals surface area contributed by atoms with Crippen LogP contribution in [0.15, 0.2) is 48.7 Å². The quantitative estimate of drug-likeness (QED) is 0.555. The van der Waals surface area contributed by atoms with E-state index in [1.807, 2.05) is 6.20 Å². The summed E-state index contributed by atoms with van der Waals surface area (Å²) in [6.07, 6.45) is 7.06. The molecule has 0 saturated carbocycles. The normalized spacial score (nSPS) is 24.0. The molecule has 2 saturated heterocycles. The van der Waals surface area contributed by atoms with Gasteiger partial charge in [0.2, 0.25) is 0 Å². The van der Waals surface area contributed by atoms with Gasteiger partial charge < -0.3 is 4.90 Å². The highest BCUT2D eigenvalue weighted by Gasteiger charge is 2.38. The predicted octanol–water partition coefficient (Wildman–Crippen LogP) is 4.29. The van der Waals surface area contributed by atoms with Gasteiger partial charge >= 0.3 is 0 Å². The molecule has 4 aromatic rings. The van der Waals surface area contributed by atoms with Gasteiger partial charge in [0.25, 0.3) is 0 Å². The SMILES string of the molecule is CN1C2CC[C@H]1C[C@@H](c1ccc(-n3cc(-c4n[nH]c5cc(F)ccc45)nn3)cc1)C2. The molecule has 2 aliphatic heterocycles. The van der Waals surface area contributed by atoms with E-state index in [4.69, 9.17) is 0 Å². The van der Waals surface area contributed by atoms with E-state index >= 15 is 0 Å². The molecule has 2 fully saturated rings. The van der Waals surface area contributed by atoms with Gasteiger partial charge in [-0.3, -0.25) is 5.10 Å². The first-order chi connectivity index (χ1) is 14.7. The standard InChI is InChI=1S/C23H23FN6/c1-29-18-7-8-19(29)11-15(10-18)14-2-5-17(6-3-14)30-13-22(26-28-30)23-20-9-4-16(24)12-21(20)25-27-23/h2-6,9,12-13,15,18-19H,7-8,10-11H2,1H3,(H,25,27)/t15-,18+,19?/m1/s1. The topological polar surface area (TPSA) is 62.6 Å². The molecule has 7 heteroatoms. The van der Waals surface area contributed by atoms with Gasteiger partial charge in [-0.25, -0.2) is 9.07 Å². The number of H-pyrrole nitrogens is 1. The number of piperidine rings is 1. The average molecular weight is 402 g/mol. The number of benzene rings is 2. The summed E-state index contributed by atoms with van der Waals surface area (Å²) in [5.74, 6) is 0.355. The molecule has 2 aromatic heterocycles. The fourth-order valence-electron chi connectivity index (χ4n) is 5.27. The Labute approximate surface area is 173 Å². The second-order valence-electron chi connectivity index (χ2n) is 8.62. The first-order valence-electron chi connectivity index (χ1n) is 10.5. The smallest absolute Gasteiger partial charge is 0.134 e. The summed E-state index contributed by atoms with van der Waals surface area (Å²) in [4.78, 5) is 2.58. The van der Waals surface area contributed by atoms with Crippen molar-refractivity contribution in [1.29, 1.82) is 0 Å². The number of nitrogens with one attached hydrogen (secondary N) is 1. The van der Waals surface area contributed by atoms with Crippen LogP contribution in [0.25, 0.3) is 28.0 Å². The van der Waals surface area contributed by atoms with E-state index in [9.17, 15) is 4.39 Å². The van der Waals surface area contributed by atoms with E-state index in [2.05, 4.69) is 56.7 Å². The van der Waals surface area contributed by atoms with Crippen molar-refractivity contribution in [3.8, 4) is 17.1 Å². The molecule has 30 heavy (non-hydrogen) atoms. The average Bonchev–Trinajstić information content (AvgIpc) is 3.44. The van der Waals surface area contributed by atoms with Crippen LogP contribution in [-0.4, -0.2) is 49.2 Å². The Bertz CT molecular complexity index is 1200. The van der Waals surface area contributed by atoms with Crippen molar-refractivity contribution in [2.45, 2.75) is 43.7 Å². The Morgan fingerprint density at radius 3 is 2.57 bits per heavy atom. The molecular formula is C23H23FN6. The number of aromatic nitrogens is 5. The first-order valence-corrected chi connectivity index (χ1v) is 10.5. The summed E-state index contributed by atoms with van der Waals surface area (Å²) in [6.45, 7) is 0. The maximum atomic E-state index is 13.4. The Morgan fingerprint density at radius 2 is 1.80 bits per heavy atom. The summed E-state index contributed by atoms with van der Waals surface area (Å²) in [5, 5.41) is 16.6. The molecule has 2 aliphatic rings. The molecule has 6 rings (SSSR count). The zero-order chi connectivity index (χ0) is 20.2. The van der Waals surface area contributed by atoms with Crippen LogP contribution in [0, 0.1) is 5.82 Å². The molecule has 1 N–H and O–H groups in total. The Kier molecular flexibility index (Phi) is 3.99. The highest BCUT2D eigenvalue weighted by atomic mass is 19.1. The second-order valence-corrected chi connectivity index (χ2v) is 8.62. The molecular weight excluding hydrogens is 379 g/mol. The van der Waals surface area contributed by atoms with Crippen molar-refractivity contribution in [2.24, 2.45) is 0 Å². The molecule has 1 unspecified atom stereocenters. The predicted molar refractivity (Wildman–Crippen MR) is 113 cm³/mol. The largest absolute Gasteiger partial charge is 0.300 e. The number of halogens is 1. The van der Waals surface area contributed by atoms with E-state index in [0.717, 1.165) is 23.2 Å². The summed E-state index contributed by atoms with van der Waals surface area (Å²) in [6, 6.07) is 14.8. The van der Waals surface area contributed by atoms with Crippen LogP contribution >= 0.6 is 0 Å². The van der Waals surface area contributed by atoms with E-state index in [-0.39, 0.29) is 5.82 Å². The number of aromatic amines is 1. The summed E-state index contributed by atoms with van der Waals surface area (Å²) < 4.78 is 15.2. The van der Waals surface area contributed by atoms with Crippen LogP contribution in [0.3, 0.4) is 0 Å². The Morgan fingerprint density at radius 1 is 1.03 bits per heavy atom. The van der Waals surface area contributed by atoms with Crippen LogP contribution in [0.1, 0.15) is 37.2 Å². The van der Waals surface area contributed by atoms with Gasteiger partial charge in [-0.2, -0.15) is 5.10 Å². The number of hydrogen-bond acceptors (Lipinski definition) is 4. The fourth-order valence-corrected chi connectivity index (χ4v) is 5.27. The van der Waals surface area contributed by atoms with E-state index in [1.54, 1.807) is 10.7 Å². The molecule has 2 bridgehead atoms. The lowest BCUT2D eigenvalue weighted by molar-refractivity contribution is 0.161. The van der Waals surface area contributed by atoms with Crippen LogP contribution in [0.4, 0.5) is 4.39 Å². The van der Waals surface area contributed by atoms with Gasteiger partial charge in [-0.15, -0.1) is 5.10 Å². The minimum Gasteiger partial charge on any atom is -0.300 e. The third-order valence-corrected chi connectivity index (χ3v) is 6.99. The third kappa shape index (κ3) is 2.84. The number of hydrogen-bond donors (Lipinski definition) is 1. The van der Waals surface area contributed by atoms with Gasteiger partial charge in [-0.05, 0) is 74.5 Å². The van der Waals surface area contributed by atoms with Crippen LogP contribution in [0.2, 0.25) is 0 Å². The van der Waals surface area contributed by atoms with Crippen molar-refractivity contribution >= 4 is 10.9 Å². The van der Waals surface area contributed by atoms with E-state index < -0.39 is 0 Å². The molecule has 0 spiro atoms. The Balaban J connectivity index is 1.25. The van der Waals surface area contributed by atoms with E-state index in [1.165, 1.54) is 43.4 Å². The second kappa shape index (κ2) is 6.74. The molecule has 152 valence electrons. The van der Waals surface area contributed by atoms with Crippen molar-refractivity contribution in [3.05, 3.63) is 60.0 Å². The zero-order valence-corrected chi connectivity index (χ0v) is 16.8. The monoisotopic (exact) mass is 402 g/mol. The molecule has 0 aliphatic carbocycles. The minimum atomic E-state index is -0.293. The van der Waals surface area contributed by atoms with Crippen molar-refractivity contribution in [3.63, 3.8) is 0 Å². The zero-order valence-electron chi connectivity index (χ0n) is 16.8. The lowest BCUT2D eigenvalue weighted by Gasteiger charge is -2.36. The molecule has 4 heterocycles. The molecule has 3 atom stereocenters. The highest BCUT2D eigenvalue weighted by molar-refractivity contribution is 5.91. The Hall–Kier alpha value is -3.06. The summed E-state index contributed by atoms with van der Waals surface area (Å²) >= 11 is 0. The first kappa shape index (κ1) is 17.8. The molecule has 0 radical (unpaired) electrons.